The van der Waals surface area contributed by atoms with Gasteiger partial charge in [0, 0.05) is 12.1 Å². The van der Waals surface area contributed by atoms with Crippen molar-refractivity contribution in [3.63, 3.8) is 0 Å². The second-order valence-electron chi connectivity index (χ2n) is 4.47. The maximum Gasteiger partial charge on any atom is 0.289 e. The normalized spacial score (nSPS) is 10.9. The number of rotatable bonds is 6. The van der Waals surface area contributed by atoms with Crippen LogP contribution in [-0.2, 0) is 10.0 Å². The molecule has 0 fully saturated rings. The van der Waals surface area contributed by atoms with Gasteiger partial charge in [-0.2, -0.15) is 0 Å². The summed E-state index contributed by atoms with van der Waals surface area (Å²) < 4.78 is 31.9. The first-order valence-corrected chi connectivity index (χ1v) is 7.83. The summed E-state index contributed by atoms with van der Waals surface area (Å²) in [6.45, 7) is 0. The van der Waals surface area contributed by atoms with Gasteiger partial charge in [-0.15, -0.1) is 0 Å². The van der Waals surface area contributed by atoms with Crippen LogP contribution in [0.15, 0.2) is 47.4 Å². The maximum atomic E-state index is 12.4. The number of ether oxygens (including phenoxy) is 1. The summed E-state index contributed by atoms with van der Waals surface area (Å²) in [5.41, 5.74) is -0.965. The van der Waals surface area contributed by atoms with Crippen molar-refractivity contribution in [2.24, 2.45) is 0 Å². The quantitative estimate of drug-likeness (QED) is 0.620. The Hall–Kier alpha value is -3.21. The van der Waals surface area contributed by atoms with Crippen LogP contribution in [0.3, 0.4) is 0 Å². The van der Waals surface area contributed by atoms with Gasteiger partial charge in [0.2, 0.25) is 0 Å². The first kappa shape index (κ1) is 17.1. The van der Waals surface area contributed by atoms with Gasteiger partial charge >= 0.3 is 0 Å². The Morgan fingerprint density at radius 1 is 1.04 bits per heavy atom. The summed E-state index contributed by atoms with van der Waals surface area (Å²) in [5.74, 6) is -0.0913. The molecule has 0 unspecified atom stereocenters. The zero-order valence-corrected chi connectivity index (χ0v) is 13.0. The van der Waals surface area contributed by atoms with Gasteiger partial charge in [0.05, 0.1) is 28.7 Å². The molecule has 0 heterocycles. The molecule has 2 rings (SSSR count). The molecule has 2 aromatic rings. The van der Waals surface area contributed by atoms with Crippen molar-refractivity contribution in [2.45, 2.75) is 4.90 Å². The zero-order valence-electron chi connectivity index (χ0n) is 12.2. The molecule has 0 atom stereocenters. The highest BCUT2D eigenvalue weighted by atomic mass is 32.2. The molecule has 0 bridgehead atoms. The number of nitrogens with zero attached hydrogens (tertiary/aromatic N) is 2. The highest BCUT2D eigenvalue weighted by molar-refractivity contribution is 7.92. The van der Waals surface area contributed by atoms with Crippen molar-refractivity contribution in [1.82, 2.24) is 0 Å². The van der Waals surface area contributed by atoms with E-state index in [2.05, 4.69) is 4.72 Å². The van der Waals surface area contributed by atoms with Crippen molar-refractivity contribution in [3.8, 4) is 5.75 Å². The summed E-state index contributed by atoms with van der Waals surface area (Å²) in [7, 11) is -3.09. The number of para-hydroxylation sites is 1. The standard InChI is InChI=1S/C13H11N3O7S/c1-23-12-8-9(15(17)18)6-7-10(12)14-24(21,22)13-5-3-2-4-11(13)16(19)20/h2-8,14H,1H3. The number of sulfonamides is 1. The van der Waals surface area contributed by atoms with E-state index in [-0.39, 0.29) is 17.1 Å². The largest absolute Gasteiger partial charge is 0.494 e. The van der Waals surface area contributed by atoms with Gasteiger partial charge in [-0.05, 0) is 12.1 Å². The molecule has 24 heavy (non-hydrogen) atoms. The monoisotopic (exact) mass is 353 g/mol. The molecule has 1 N–H and O–H groups in total. The average molecular weight is 353 g/mol. The molecule has 126 valence electrons. The van der Waals surface area contributed by atoms with Crippen molar-refractivity contribution in [1.29, 1.82) is 0 Å². The number of anilines is 1. The Labute approximate surface area is 136 Å². The summed E-state index contributed by atoms with van der Waals surface area (Å²) >= 11 is 0. The predicted molar refractivity (Wildman–Crippen MR) is 83.6 cm³/mol. The number of methoxy groups -OCH3 is 1. The number of non-ortho nitro benzene ring substituents is 1. The SMILES string of the molecule is COc1cc([N+](=O)[O-])ccc1NS(=O)(=O)c1ccccc1[N+](=O)[O-]. The fourth-order valence-corrected chi connectivity index (χ4v) is 3.16. The maximum absolute atomic E-state index is 12.4. The minimum Gasteiger partial charge on any atom is -0.494 e. The Balaban J connectivity index is 2.47. The molecule has 0 saturated carbocycles. The van der Waals surface area contributed by atoms with Crippen LogP contribution in [-0.4, -0.2) is 25.4 Å². The minimum absolute atomic E-state index is 0.0822. The average Bonchev–Trinajstić information content (AvgIpc) is 2.54. The molecule has 11 heteroatoms. The summed E-state index contributed by atoms with van der Waals surface area (Å²) in [4.78, 5) is 19.7. The first-order valence-electron chi connectivity index (χ1n) is 6.35. The van der Waals surface area contributed by atoms with Crippen LogP contribution in [0.25, 0.3) is 0 Å². The molecular formula is C13H11N3O7S. The van der Waals surface area contributed by atoms with Gasteiger partial charge in [-0.1, -0.05) is 12.1 Å². The number of nitro groups is 2. The Morgan fingerprint density at radius 3 is 2.29 bits per heavy atom. The highest BCUT2D eigenvalue weighted by Crippen LogP contribution is 2.32. The van der Waals surface area contributed by atoms with E-state index < -0.39 is 30.5 Å². The fraction of sp³-hybridized carbons (Fsp3) is 0.0769. The van der Waals surface area contributed by atoms with Crippen LogP contribution >= 0.6 is 0 Å². The van der Waals surface area contributed by atoms with Gasteiger partial charge in [-0.25, -0.2) is 8.42 Å². The molecule has 0 radical (unpaired) electrons. The van der Waals surface area contributed by atoms with E-state index in [9.17, 15) is 28.6 Å². The van der Waals surface area contributed by atoms with Crippen molar-refractivity contribution < 1.29 is 23.0 Å². The van der Waals surface area contributed by atoms with E-state index in [1.807, 2.05) is 0 Å². The third-order valence-corrected chi connectivity index (χ3v) is 4.40. The number of hydrogen-bond acceptors (Lipinski definition) is 7. The molecule has 0 aromatic heterocycles. The molecule has 0 saturated heterocycles. The topological polar surface area (TPSA) is 142 Å². The lowest BCUT2D eigenvalue weighted by Crippen LogP contribution is -2.15. The third kappa shape index (κ3) is 3.41. The van der Waals surface area contributed by atoms with Crippen LogP contribution in [0.4, 0.5) is 17.1 Å². The van der Waals surface area contributed by atoms with Gasteiger partial charge in [0.25, 0.3) is 21.4 Å². The fourth-order valence-electron chi connectivity index (χ4n) is 1.91. The molecule has 0 aliphatic carbocycles. The summed E-state index contributed by atoms with van der Waals surface area (Å²) in [5, 5.41) is 21.7. The lowest BCUT2D eigenvalue weighted by Gasteiger charge is -2.11. The molecule has 2 aromatic carbocycles. The molecule has 10 nitrogen and oxygen atoms in total. The van der Waals surface area contributed by atoms with Crippen LogP contribution in [0, 0.1) is 20.2 Å². The zero-order chi connectivity index (χ0) is 17.9. The van der Waals surface area contributed by atoms with Crippen LogP contribution in [0.5, 0.6) is 5.75 Å². The van der Waals surface area contributed by atoms with E-state index in [0.29, 0.717) is 0 Å². The number of nitrogens with one attached hydrogen (secondary N) is 1. The first-order chi connectivity index (χ1) is 11.3. The third-order valence-electron chi connectivity index (χ3n) is 2.99. The number of hydrogen-bond donors (Lipinski definition) is 1. The Kier molecular flexibility index (Phi) is 4.64. The predicted octanol–water partition coefficient (Wildman–Crippen LogP) is 2.31. The van der Waals surface area contributed by atoms with E-state index in [1.54, 1.807) is 0 Å². The van der Waals surface area contributed by atoms with Crippen LogP contribution in [0.2, 0.25) is 0 Å². The lowest BCUT2D eigenvalue weighted by atomic mass is 10.2. The van der Waals surface area contributed by atoms with E-state index in [1.165, 1.54) is 19.2 Å². The van der Waals surface area contributed by atoms with Crippen molar-refractivity contribution >= 4 is 27.1 Å². The van der Waals surface area contributed by atoms with Gasteiger partial charge in [0.1, 0.15) is 5.75 Å². The summed E-state index contributed by atoms with van der Waals surface area (Å²) in [6.07, 6.45) is 0. The Morgan fingerprint density at radius 2 is 1.71 bits per heavy atom. The van der Waals surface area contributed by atoms with E-state index in [0.717, 1.165) is 30.3 Å². The molecule has 0 amide bonds. The van der Waals surface area contributed by atoms with Crippen molar-refractivity contribution in [3.05, 3.63) is 62.7 Å². The number of nitro benzene ring substituents is 2. The molecular weight excluding hydrogens is 342 g/mol. The molecule has 0 aliphatic rings. The summed E-state index contributed by atoms with van der Waals surface area (Å²) in [6, 6.07) is 8.08. The van der Waals surface area contributed by atoms with Gasteiger partial charge < -0.3 is 4.74 Å². The van der Waals surface area contributed by atoms with E-state index >= 15 is 0 Å². The van der Waals surface area contributed by atoms with Crippen molar-refractivity contribution in [2.75, 3.05) is 11.8 Å². The lowest BCUT2D eigenvalue weighted by molar-refractivity contribution is -0.387. The smallest absolute Gasteiger partial charge is 0.289 e. The van der Waals surface area contributed by atoms with Gasteiger partial charge in [0.15, 0.2) is 4.90 Å². The van der Waals surface area contributed by atoms with Gasteiger partial charge in [-0.3, -0.25) is 25.0 Å². The number of benzene rings is 2. The molecule has 0 spiro atoms. The van der Waals surface area contributed by atoms with E-state index in [4.69, 9.17) is 4.74 Å². The minimum atomic E-state index is -4.30. The second-order valence-corrected chi connectivity index (χ2v) is 6.12. The molecule has 0 aliphatic heterocycles. The van der Waals surface area contributed by atoms with Crippen LogP contribution in [0.1, 0.15) is 0 Å². The second kappa shape index (κ2) is 6.50. The van der Waals surface area contributed by atoms with Crippen LogP contribution < -0.4 is 9.46 Å². The highest BCUT2D eigenvalue weighted by Gasteiger charge is 2.26. The Bertz CT molecular complexity index is 912.